The van der Waals surface area contributed by atoms with Gasteiger partial charge in [-0.1, -0.05) is 0 Å². The number of piperidine rings is 1. The Bertz CT molecular complexity index is 487. The van der Waals surface area contributed by atoms with Crippen molar-refractivity contribution in [1.82, 2.24) is 15.3 Å². The smallest absolute Gasteiger partial charge is 0.252 e. The van der Waals surface area contributed by atoms with Crippen LogP contribution in [-0.4, -0.2) is 42.1 Å². The van der Waals surface area contributed by atoms with Crippen LogP contribution in [0.15, 0.2) is 17.2 Å². The summed E-state index contributed by atoms with van der Waals surface area (Å²) < 4.78 is 0. The average Bonchev–Trinajstić information content (AvgIpc) is 2.45. The van der Waals surface area contributed by atoms with E-state index in [1.54, 1.807) is 0 Å². The van der Waals surface area contributed by atoms with Gasteiger partial charge in [-0.05, 0) is 12.8 Å². The minimum Gasteiger partial charge on any atom is -0.356 e. The van der Waals surface area contributed by atoms with Gasteiger partial charge in [0.25, 0.3) is 5.56 Å². The molecule has 2 heterocycles. The molecule has 7 nitrogen and oxygen atoms in total. The van der Waals surface area contributed by atoms with E-state index < -0.39 is 0 Å². The van der Waals surface area contributed by atoms with Gasteiger partial charge >= 0.3 is 0 Å². The van der Waals surface area contributed by atoms with Crippen LogP contribution in [0.5, 0.6) is 0 Å². The highest BCUT2D eigenvalue weighted by Crippen LogP contribution is 2.20. The predicted octanol–water partition coefficient (Wildman–Crippen LogP) is -0.939. The molecule has 1 amide bonds. The van der Waals surface area contributed by atoms with Crippen LogP contribution >= 0.6 is 0 Å². The number of anilines is 1. The van der Waals surface area contributed by atoms with Crippen LogP contribution in [0.3, 0.4) is 0 Å². The molecule has 104 valence electrons. The van der Waals surface area contributed by atoms with Gasteiger partial charge in [0.15, 0.2) is 0 Å². The largest absolute Gasteiger partial charge is 0.356 e. The summed E-state index contributed by atoms with van der Waals surface area (Å²) in [4.78, 5) is 31.8. The number of nitrogens with zero attached hydrogens (tertiary/aromatic N) is 2. The highest BCUT2D eigenvalue weighted by molar-refractivity contribution is 5.79. The van der Waals surface area contributed by atoms with Gasteiger partial charge in [-0.2, -0.15) is 0 Å². The van der Waals surface area contributed by atoms with Crippen molar-refractivity contribution in [3.8, 4) is 0 Å². The number of aromatic nitrogens is 2. The Morgan fingerprint density at radius 3 is 3.21 bits per heavy atom. The van der Waals surface area contributed by atoms with E-state index in [0.29, 0.717) is 25.5 Å². The first-order chi connectivity index (χ1) is 9.20. The lowest BCUT2D eigenvalue weighted by Crippen LogP contribution is -2.44. The molecule has 1 aromatic rings. The van der Waals surface area contributed by atoms with Crippen molar-refractivity contribution in [2.75, 3.05) is 31.1 Å². The van der Waals surface area contributed by atoms with Crippen molar-refractivity contribution >= 4 is 11.7 Å². The second-order valence-corrected chi connectivity index (χ2v) is 4.63. The summed E-state index contributed by atoms with van der Waals surface area (Å²) in [5, 5.41) is 2.81. The molecule has 0 aliphatic carbocycles. The number of nitrogens with one attached hydrogen (secondary N) is 2. The van der Waals surface area contributed by atoms with E-state index >= 15 is 0 Å². The predicted molar refractivity (Wildman–Crippen MR) is 71.9 cm³/mol. The molecular weight excluding hydrogens is 246 g/mol. The third-order valence-electron chi connectivity index (χ3n) is 3.22. The van der Waals surface area contributed by atoms with Gasteiger partial charge in [-0.25, -0.2) is 4.98 Å². The van der Waals surface area contributed by atoms with E-state index in [4.69, 9.17) is 5.73 Å². The van der Waals surface area contributed by atoms with Gasteiger partial charge < -0.3 is 20.9 Å². The number of nitrogens with two attached hydrogens (primary N) is 1. The topological polar surface area (TPSA) is 104 Å². The Balaban J connectivity index is 2.01. The molecule has 4 N–H and O–H groups in total. The standard InChI is InChI=1S/C12H19N5O2/c13-3-4-14-12(19)9-2-1-5-17(7-9)10-6-11(18)16-8-15-10/h6,8-9H,1-5,7,13H2,(H,14,19)(H,15,16,18). The summed E-state index contributed by atoms with van der Waals surface area (Å²) in [6.07, 6.45) is 3.15. The van der Waals surface area contributed by atoms with E-state index in [1.165, 1.54) is 12.4 Å². The fourth-order valence-electron chi connectivity index (χ4n) is 2.27. The van der Waals surface area contributed by atoms with Crippen molar-refractivity contribution < 1.29 is 4.79 Å². The second kappa shape index (κ2) is 6.33. The fraction of sp³-hybridized carbons (Fsp3) is 0.583. The molecule has 1 atom stereocenters. The van der Waals surface area contributed by atoms with Crippen LogP contribution in [0.25, 0.3) is 0 Å². The quantitative estimate of drug-likeness (QED) is 0.652. The fourth-order valence-corrected chi connectivity index (χ4v) is 2.27. The van der Waals surface area contributed by atoms with Crippen LogP contribution in [-0.2, 0) is 4.79 Å². The summed E-state index contributed by atoms with van der Waals surface area (Å²) in [7, 11) is 0. The van der Waals surface area contributed by atoms with Gasteiger partial charge in [0, 0.05) is 32.2 Å². The lowest BCUT2D eigenvalue weighted by Gasteiger charge is -2.32. The summed E-state index contributed by atoms with van der Waals surface area (Å²) in [5.74, 6) is 0.585. The van der Waals surface area contributed by atoms with E-state index in [2.05, 4.69) is 15.3 Å². The molecular formula is C12H19N5O2. The van der Waals surface area contributed by atoms with Gasteiger partial charge in [0.1, 0.15) is 5.82 Å². The van der Waals surface area contributed by atoms with Crippen LogP contribution in [0.4, 0.5) is 5.82 Å². The molecule has 0 radical (unpaired) electrons. The van der Waals surface area contributed by atoms with Gasteiger partial charge in [0.05, 0.1) is 12.2 Å². The Morgan fingerprint density at radius 1 is 1.63 bits per heavy atom. The van der Waals surface area contributed by atoms with Gasteiger partial charge in [-0.15, -0.1) is 0 Å². The molecule has 19 heavy (non-hydrogen) atoms. The van der Waals surface area contributed by atoms with Crippen LogP contribution in [0, 0.1) is 5.92 Å². The molecule has 0 aromatic carbocycles. The average molecular weight is 265 g/mol. The van der Waals surface area contributed by atoms with Crippen molar-refractivity contribution in [3.63, 3.8) is 0 Å². The summed E-state index contributed by atoms with van der Waals surface area (Å²) in [6, 6.07) is 1.46. The molecule has 1 fully saturated rings. The maximum absolute atomic E-state index is 11.9. The lowest BCUT2D eigenvalue weighted by molar-refractivity contribution is -0.125. The van der Waals surface area contributed by atoms with Gasteiger partial charge in [0.2, 0.25) is 5.91 Å². The normalized spacial score (nSPS) is 19.2. The molecule has 1 saturated heterocycles. The number of amides is 1. The zero-order valence-corrected chi connectivity index (χ0v) is 10.8. The highest BCUT2D eigenvalue weighted by atomic mass is 16.2. The number of H-pyrrole nitrogens is 1. The summed E-state index contributed by atoms with van der Waals surface area (Å²) in [6.45, 7) is 2.35. The van der Waals surface area contributed by atoms with E-state index in [-0.39, 0.29) is 17.4 Å². The van der Waals surface area contributed by atoms with Crippen molar-refractivity contribution in [2.24, 2.45) is 11.7 Å². The maximum atomic E-state index is 11.9. The summed E-state index contributed by atoms with van der Waals surface area (Å²) in [5.41, 5.74) is 5.19. The molecule has 0 bridgehead atoms. The maximum Gasteiger partial charge on any atom is 0.252 e. The SMILES string of the molecule is NCCNC(=O)C1CCCN(c2cc(=O)[nH]cn2)C1. The number of hydrogen-bond acceptors (Lipinski definition) is 5. The zero-order chi connectivity index (χ0) is 13.7. The second-order valence-electron chi connectivity index (χ2n) is 4.63. The third kappa shape index (κ3) is 3.54. The molecule has 1 aliphatic heterocycles. The zero-order valence-electron chi connectivity index (χ0n) is 10.8. The van der Waals surface area contributed by atoms with Crippen molar-refractivity contribution in [2.45, 2.75) is 12.8 Å². The number of carbonyl (C=O) groups is 1. The Kier molecular flexibility index (Phi) is 4.51. The Hall–Kier alpha value is -1.89. The molecule has 2 rings (SSSR count). The van der Waals surface area contributed by atoms with Crippen LogP contribution in [0.2, 0.25) is 0 Å². The van der Waals surface area contributed by atoms with E-state index in [9.17, 15) is 9.59 Å². The van der Waals surface area contributed by atoms with E-state index in [0.717, 1.165) is 19.4 Å². The van der Waals surface area contributed by atoms with Gasteiger partial charge in [-0.3, -0.25) is 9.59 Å². The molecule has 1 unspecified atom stereocenters. The number of aromatic amines is 1. The van der Waals surface area contributed by atoms with Crippen molar-refractivity contribution in [1.29, 1.82) is 0 Å². The van der Waals surface area contributed by atoms with Crippen LogP contribution in [0.1, 0.15) is 12.8 Å². The van der Waals surface area contributed by atoms with E-state index in [1.807, 2.05) is 4.90 Å². The molecule has 7 heteroatoms. The minimum absolute atomic E-state index is 0.0278. The Labute approximate surface area is 111 Å². The monoisotopic (exact) mass is 265 g/mol. The lowest BCUT2D eigenvalue weighted by atomic mass is 9.97. The number of carbonyl (C=O) groups excluding carboxylic acids is 1. The molecule has 0 spiro atoms. The first-order valence-corrected chi connectivity index (χ1v) is 6.48. The molecule has 1 aromatic heterocycles. The van der Waals surface area contributed by atoms with Crippen LogP contribution < -0.4 is 21.5 Å². The number of hydrogen-bond donors (Lipinski definition) is 3. The first-order valence-electron chi connectivity index (χ1n) is 6.48. The Morgan fingerprint density at radius 2 is 2.47 bits per heavy atom. The minimum atomic E-state index is -0.181. The number of rotatable bonds is 4. The molecule has 1 aliphatic rings. The highest BCUT2D eigenvalue weighted by Gasteiger charge is 2.26. The summed E-state index contributed by atoms with van der Waals surface area (Å²) >= 11 is 0. The van der Waals surface area contributed by atoms with Crippen molar-refractivity contribution in [3.05, 3.63) is 22.7 Å². The first kappa shape index (κ1) is 13.5. The molecule has 0 saturated carbocycles. The third-order valence-corrected chi connectivity index (χ3v) is 3.22.